The Morgan fingerprint density at radius 2 is 2.37 bits per heavy atom. The Morgan fingerprint density at radius 1 is 1.53 bits per heavy atom. The number of amides is 1. The first-order valence-electron chi connectivity index (χ1n) is 5.78. The summed E-state index contributed by atoms with van der Waals surface area (Å²) in [5, 5.41) is 15.3. The molecule has 0 atom stereocenters. The third-order valence-corrected chi connectivity index (χ3v) is 2.30. The summed E-state index contributed by atoms with van der Waals surface area (Å²) in [6, 6.07) is 4.83. The minimum atomic E-state index is -0.366. The van der Waals surface area contributed by atoms with Crippen molar-refractivity contribution in [2.75, 3.05) is 17.7 Å². The first-order valence-corrected chi connectivity index (χ1v) is 5.78. The Hall–Kier alpha value is -2.64. The van der Waals surface area contributed by atoms with E-state index in [4.69, 9.17) is 10.5 Å². The normalized spacial score (nSPS) is 10.2. The third-order valence-electron chi connectivity index (χ3n) is 2.30. The molecule has 8 heteroatoms. The van der Waals surface area contributed by atoms with E-state index < -0.39 is 0 Å². The molecule has 0 saturated heterocycles. The molecular formula is C11H14N6O2. The van der Waals surface area contributed by atoms with Crippen molar-refractivity contribution in [1.82, 2.24) is 20.6 Å². The SMILES string of the molecule is CCCOc1ccc(C(=O)Nc2nn[nH]n2)cc1N. The number of nitrogens with two attached hydrogens (primary N) is 1. The number of aromatic amines is 1. The summed E-state index contributed by atoms with van der Waals surface area (Å²) in [7, 11) is 0. The first kappa shape index (κ1) is 12.8. The van der Waals surface area contributed by atoms with Crippen LogP contribution in [0.5, 0.6) is 5.75 Å². The highest BCUT2D eigenvalue weighted by Gasteiger charge is 2.11. The lowest BCUT2D eigenvalue weighted by Crippen LogP contribution is -2.13. The second-order valence-electron chi connectivity index (χ2n) is 3.79. The van der Waals surface area contributed by atoms with E-state index in [2.05, 4.69) is 25.9 Å². The summed E-state index contributed by atoms with van der Waals surface area (Å²) in [5.41, 5.74) is 6.62. The number of carbonyl (C=O) groups is 1. The van der Waals surface area contributed by atoms with Gasteiger partial charge in [0.1, 0.15) is 5.75 Å². The van der Waals surface area contributed by atoms with Gasteiger partial charge in [0.2, 0.25) is 0 Å². The summed E-state index contributed by atoms with van der Waals surface area (Å²) in [6.07, 6.45) is 0.888. The number of hydrogen-bond acceptors (Lipinski definition) is 6. The number of anilines is 2. The zero-order valence-electron chi connectivity index (χ0n) is 10.4. The maximum Gasteiger partial charge on any atom is 0.270 e. The molecule has 0 bridgehead atoms. The van der Waals surface area contributed by atoms with E-state index in [1.165, 1.54) is 0 Å². The molecule has 0 unspecified atom stereocenters. The number of hydrogen-bond donors (Lipinski definition) is 3. The van der Waals surface area contributed by atoms with Gasteiger partial charge in [0.05, 0.1) is 12.3 Å². The molecular weight excluding hydrogens is 248 g/mol. The van der Waals surface area contributed by atoms with Crippen molar-refractivity contribution in [3.63, 3.8) is 0 Å². The second-order valence-corrected chi connectivity index (χ2v) is 3.79. The second kappa shape index (κ2) is 5.80. The highest BCUT2D eigenvalue weighted by molar-refractivity contribution is 6.04. The molecule has 0 radical (unpaired) electrons. The van der Waals surface area contributed by atoms with Crippen LogP contribution in [0.1, 0.15) is 23.7 Å². The highest BCUT2D eigenvalue weighted by atomic mass is 16.5. The lowest BCUT2D eigenvalue weighted by molar-refractivity contribution is 0.102. The van der Waals surface area contributed by atoms with Crippen LogP contribution in [0.15, 0.2) is 18.2 Å². The van der Waals surface area contributed by atoms with Gasteiger partial charge in [-0.1, -0.05) is 12.0 Å². The van der Waals surface area contributed by atoms with E-state index in [-0.39, 0.29) is 11.9 Å². The van der Waals surface area contributed by atoms with Crippen molar-refractivity contribution in [2.24, 2.45) is 0 Å². The van der Waals surface area contributed by atoms with Crippen molar-refractivity contribution in [1.29, 1.82) is 0 Å². The van der Waals surface area contributed by atoms with E-state index in [0.717, 1.165) is 6.42 Å². The number of tetrazole rings is 1. The Morgan fingerprint density at radius 3 is 3.00 bits per heavy atom. The summed E-state index contributed by atoms with van der Waals surface area (Å²) in [4.78, 5) is 11.9. The van der Waals surface area contributed by atoms with E-state index in [1.54, 1.807) is 18.2 Å². The number of nitrogen functional groups attached to an aromatic ring is 1. The van der Waals surface area contributed by atoms with Gasteiger partial charge in [-0.05, 0) is 29.8 Å². The van der Waals surface area contributed by atoms with Crippen LogP contribution in [0.2, 0.25) is 0 Å². The van der Waals surface area contributed by atoms with Gasteiger partial charge in [-0.25, -0.2) is 0 Å². The highest BCUT2D eigenvalue weighted by Crippen LogP contribution is 2.23. The molecule has 0 aliphatic heterocycles. The lowest BCUT2D eigenvalue weighted by Gasteiger charge is -2.09. The minimum Gasteiger partial charge on any atom is -0.491 e. The summed E-state index contributed by atoms with van der Waals surface area (Å²) >= 11 is 0. The van der Waals surface area contributed by atoms with Crippen LogP contribution in [0.4, 0.5) is 11.6 Å². The smallest absolute Gasteiger partial charge is 0.270 e. The van der Waals surface area contributed by atoms with Gasteiger partial charge >= 0.3 is 0 Å². The number of nitrogens with zero attached hydrogens (tertiary/aromatic N) is 3. The van der Waals surface area contributed by atoms with Crippen LogP contribution >= 0.6 is 0 Å². The van der Waals surface area contributed by atoms with Gasteiger partial charge in [-0.15, -0.1) is 5.10 Å². The Bertz CT molecular complexity index is 554. The fraction of sp³-hybridized carbons (Fsp3) is 0.273. The minimum absolute atomic E-state index is 0.106. The maximum absolute atomic E-state index is 11.9. The zero-order valence-corrected chi connectivity index (χ0v) is 10.4. The zero-order chi connectivity index (χ0) is 13.7. The molecule has 4 N–H and O–H groups in total. The molecule has 0 fully saturated rings. The number of H-pyrrole nitrogens is 1. The number of nitrogens with one attached hydrogen (secondary N) is 2. The summed E-state index contributed by atoms with van der Waals surface area (Å²) in [5.74, 6) is 0.308. The van der Waals surface area contributed by atoms with Crippen LogP contribution in [0.25, 0.3) is 0 Å². The predicted molar refractivity (Wildman–Crippen MR) is 68.8 cm³/mol. The summed E-state index contributed by atoms with van der Waals surface area (Å²) < 4.78 is 5.43. The number of rotatable bonds is 5. The Labute approximate surface area is 109 Å². The fourth-order valence-electron chi connectivity index (χ4n) is 1.42. The summed E-state index contributed by atoms with van der Waals surface area (Å²) in [6.45, 7) is 2.58. The van der Waals surface area contributed by atoms with Gasteiger partial charge in [0.15, 0.2) is 0 Å². The lowest BCUT2D eigenvalue weighted by atomic mass is 10.2. The number of ether oxygens (including phenoxy) is 1. The van der Waals surface area contributed by atoms with Crippen LogP contribution in [0, 0.1) is 0 Å². The molecule has 0 saturated carbocycles. The van der Waals surface area contributed by atoms with E-state index in [0.29, 0.717) is 23.6 Å². The number of carbonyl (C=O) groups excluding carboxylic acids is 1. The molecule has 0 aliphatic carbocycles. The van der Waals surface area contributed by atoms with Gasteiger partial charge in [-0.2, -0.15) is 5.21 Å². The monoisotopic (exact) mass is 262 g/mol. The van der Waals surface area contributed by atoms with E-state index >= 15 is 0 Å². The fourth-order valence-corrected chi connectivity index (χ4v) is 1.42. The Kier molecular flexibility index (Phi) is 3.91. The van der Waals surface area contributed by atoms with Gasteiger partial charge in [0, 0.05) is 5.56 Å². The van der Waals surface area contributed by atoms with Crippen molar-refractivity contribution < 1.29 is 9.53 Å². The van der Waals surface area contributed by atoms with Crippen LogP contribution in [-0.2, 0) is 0 Å². The van der Waals surface area contributed by atoms with Crippen molar-refractivity contribution in [3.8, 4) is 5.75 Å². The van der Waals surface area contributed by atoms with Crippen molar-refractivity contribution in [3.05, 3.63) is 23.8 Å². The molecule has 19 heavy (non-hydrogen) atoms. The molecule has 1 heterocycles. The quantitative estimate of drug-likeness (QED) is 0.686. The van der Waals surface area contributed by atoms with Gasteiger partial charge in [0.25, 0.3) is 11.9 Å². The third kappa shape index (κ3) is 3.18. The molecule has 8 nitrogen and oxygen atoms in total. The molecule has 1 aromatic carbocycles. The first-order chi connectivity index (χ1) is 9.20. The average molecular weight is 262 g/mol. The largest absolute Gasteiger partial charge is 0.491 e. The van der Waals surface area contributed by atoms with Crippen molar-refractivity contribution >= 4 is 17.5 Å². The van der Waals surface area contributed by atoms with Crippen LogP contribution in [-0.4, -0.2) is 33.1 Å². The predicted octanol–water partition coefficient (Wildman–Crippen LogP) is 0.823. The molecule has 0 spiro atoms. The topological polar surface area (TPSA) is 119 Å². The number of aromatic nitrogens is 4. The Balaban J connectivity index is 2.08. The van der Waals surface area contributed by atoms with Gasteiger partial charge < -0.3 is 10.5 Å². The number of benzene rings is 1. The maximum atomic E-state index is 11.9. The van der Waals surface area contributed by atoms with Gasteiger partial charge in [-0.3, -0.25) is 10.1 Å². The van der Waals surface area contributed by atoms with E-state index in [9.17, 15) is 4.79 Å². The molecule has 1 aromatic heterocycles. The average Bonchev–Trinajstić information content (AvgIpc) is 2.90. The van der Waals surface area contributed by atoms with E-state index in [1.807, 2.05) is 6.92 Å². The van der Waals surface area contributed by atoms with Crippen LogP contribution < -0.4 is 15.8 Å². The standard InChI is InChI=1S/C11H14N6O2/c1-2-5-19-9-4-3-7(6-8(9)12)10(18)13-11-14-16-17-15-11/h3-4,6H,2,5,12H2,1H3,(H2,13,14,15,16,17,18). The van der Waals surface area contributed by atoms with Crippen molar-refractivity contribution in [2.45, 2.75) is 13.3 Å². The molecule has 1 amide bonds. The molecule has 2 aromatic rings. The molecule has 2 rings (SSSR count). The van der Waals surface area contributed by atoms with Crippen LogP contribution in [0.3, 0.4) is 0 Å². The molecule has 100 valence electrons. The molecule has 0 aliphatic rings.